The van der Waals surface area contributed by atoms with E-state index in [0.29, 0.717) is 0 Å². The number of rotatable bonds is 4. The summed E-state index contributed by atoms with van der Waals surface area (Å²) >= 11 is 0. The molecule has 94 valence electrons. The average Bonchev–Trinajstić information content (AvgIpc) is 2.14. The van der Waals surface area contributed by atoms with Gasteiger partial charge in [-0.25, -0.2) is 0 Å². The first kappa shape index (κ1) is 13.4. The lowest BCUT2D eigenvalue weighted by molar-refractivity contribution is -0.136. The first-order valence-electron chi connectivity index (χ1n) is 4.44. The van der Waals surface area contributed by atoms with E-state index >= 15 is 0 Å². The molecule has 1 aromatic carbocycles. The molecule has 0 amide bonds. The minimum absolute atomic E-state index is 0.107. The number of phenolic OH excluding ortho intramolecular Hbond substituents is 1. The van der Waals surface area contributed by atoms with Crippen molar-refractivity contribution in [3.05, 3.63) is 29.8 Å². The Bertz CT molecular complexity index is 508. The highest BCUT2D eigenvalue weighted by atomic mass is 32.3. The zero-order chi connectivity index (χ0) is 13.1. The summed E-state index contributed by atoms with van der Waals surface area (Å²) in [5, 5.41) is 18.6. The second-order valence-corrected chi connectivity index (χ2v) is 4.22. The second kappa shape index (κ2) is 5.13. The van der Waals surface area contributed by atoms with E-state index in [4.69, 9.17) is 9.66 Å². The van der Waals surface area contributed by atoms with Gasteiger partial charge in [-0.1, -0.05) is 12.1 Å². The number of aliphatic hydroxyl groups is 1. The van der Waals surface area contributed by atoms with Gasteiger partial charge in [0.05, 0.1) is 12.5 Å². The molecule has 0 saturated carbocycles. The van der Waals surface area contributed by atoms with Crippen LogP contribution in [0.2, 0.25) is 0 Å². The molecular formula is C9H10O7S. The predicted octanol–water partition coefficient (Wildman–Crippen LogP) is 0.162. The van der Waals surface area contributed by atoms with E-state index < -0.39 is 28.9 Å². The Morgan fingerprint density at radius 1 is 1.41 bits per heavy atom. The van der Waals surface area contributed by atoms with Gasteiger partial charge < -0.3 is 14.4 Å². The zero-order valence-electron chi connectivity index (χ0n) is 8.48. The highest BCUT2D eigenvalue weighted by Crippen LogP contribution is 2.21. The molecule has 17 heavy (non-hydrogen) atoms. The number of hydrogen-bond acceptors (Lipinski definition) is 6. The van der Waals surface area contributed by atoms with Gasteiger partial charge in [0, 0.05) is 0 Å². The normalized spacial score (nSPS) is 13.1. The van der Waals surface area contributed by atoms with Crippen molar-refractivity contribution in [2.45, 2.75) is 12.5 Å². The van der Waals surface area contributed by atoms with Crippen molar-refractivity contribution in [2.24, 2.45) is 0 Å². The summed E-state index contributed by atoms with van der Waals surface area (Å²) in [5.74, 6) is -1.41. The maximum absolute atomic E-state index is 10.9. The monoisotopic (exact) mass is 262 g/mol. The maximum Gasteiger partial charge on any atom is 0.448 e. The van der Waals surface area contributed by atoms with Crippen molar-refractivity contribution in [1.29, 1.82) is 0 Å². The number of carbonyl (C=O) groups is 1. The number of aliphatic hydroxyl groups excluding tert-OH is 1. The second-order valence-electron chi connectivity index (χ2n) is 3.20. The molecule has 1 atom stereocenters. The van der Waals surface area contributed by atoms with Crippen LogP contribution in [0.25, 0.3) is 0 Å². The molecule has 0 radical (unpaired) electrons. The summed E-state index contributed by atoms with van der Waals surface area (Å²) in [4.78, 5) is 10.9. The molecule has 8 heteroatoms. The molecule has 0 saturated heterocycles. The number of aromatic hydroxyl groups is 1. The Balaban J connectivity index is 2.67. The molecule has 0 spiro atoms. The van der Waals surface area contributed by atoms with E-state index in [1.165, 1.54) is 24.3 Å². The SMILES string of the molecule is O=C(CC(O)c1cccc(O)c1)OS(=O)(=O)O. The van der Waals surface area contributed by atoms with Crippen molar-refractivity contribution >= 4 is 16.4 Å². The van der Waals surface area contributed by atoms with E-state index in [1.54, 1.807) is 0 Å². The fraction of sp³-hybridized carbons (Fsp3) is 0.222. The van der Waals surface area contributed by atoms with Crippen LogP contribution >= 0.6 is 0 Å². The quantitative estimate of drug-likeness (QED) is 0.661. The van der Waals surface area contributed by atoms with Gasteiger partial charge in [0.1, 0.15) is 5.75 Å². The fourth-order valence-electron chi connectivity index (χ4n) is 1.16. The van der Waals surface area contributed by atoms with Crippen LogP contribution in [0.5, 0.6) is 5.75 Å². The van der Waals surface area contributed by atoms with Crippen LogP contribution in [0.4, 0.5) is 0 Å². The average molecular weight is 262 g/mol. The van der Waals surface area contributed by atoms with Gasteiger partial charge in [-0.2, -0.15) is 8.42 Å². The van der Waals surface area contributed by atoms with Crippen molar-refractivity contribution in [1.82, 2.24) is 0 Å². The molecule has 0 aliphatic heterocycles. The first-order valence-corrected chi connectivity index (χ1v) is 5.81. The molecule has 7 nitrogen and oxygen atoms in total. The lowest BCUT2D eigenvalue weighted by atomic mass is 10.1. The molecule has 0 heterocycles. The number of phenols is 1. The van der Waals surface area contributed by atoms with Crippen LogP contribution < -0.4 is 0 Å². The van der Waals surface area contributed by atoms with Gasteiger partial charge in [0.25, 0.3) is 0 Å². The van der Waals surface area contributed by atoms with E-state index in [2.05, 4.69) is 4.18 Å². The number of carbonyl (C=O) groups excluding carboxylic acids is 1. The van der Waals surface area contributed by atoms with Crippen LogP contribution in [0.1, 0.15) is 18.1 Å². The van der Waals surface area contributed by atoms with Crippen molar-refractivity contribution in [3.8, 4) is 5.75 Å². The van der Waals surface area contributed by atoms with Gasteiger partial charge in [0.15, 0.2) is 0 Å². The smallest absolute Gasteiger partial charge is 0.448 e. The molecule has 1 aromatic rings. The molecule has 0 aromatic heterocycles. The van der Waals surface area contributed by atoms with Crippen molar-refractivity contribution in [3.63, 3.8) is 0 Å². The highest BCUT2D eigenvalue weighted by molar-refractivity contribution is 7.81. The molecule has 0 aliphatic rings. The standard InChI is InChI=1S/C9H10O7S/c10-7-3-1-2-6(4-7)8(11)5-9(12)16-17(13,14)15/h1-4,8,10-11H,5H2,(H,13,14,15). The molecule has 3 N–H and O–H groups in total. The highest BCUT2D eigenvalue weighted by Gasteiger charge is 2.19. The van der Waals surface area contributed by atoms with Crippen molar-refractivity contribution in [2.75, 3.05) is 0 Å². The molecule has 0 fully saturated rings. The van der Waals surface area contributed by atoms with E-state index in [0.717, 1.165) is 0 Å². The first-order chi connectivity index (χ1) is 7.78. The third-order valence-corrected chi connectivity index (χ3v) is 2.21. The Hall–Kier alpha value is -1.64. The van der Waals surface area contributed by atoms with Gasteiger partial charge in [-0.3, -0.25) is 9.35 Å². The summed E-state index contributed by atoms with van der Waals surface area (Å²) in [7, 11) is -4.87. The van der Waals surface area contributed by atoms with E-state index in [9.17, 15) is 18.3 Å². The minimum Gasteiger partial charge on any atom is -0.508 e. The molecule has 0 aliphatic carbocycles. The van der Waals surface area contributed by atoms with Gasteiger partial charge in [-0.05, 0) is 17.7 Å². The van der Waals surface area contributed by atoms with Crippen molar-refractivity contribution < 1.29 is 32.2 Å². The van der Waals surface area contributed by atoms with Crippen LogP contribution in [-0.4, -0.2) is 29.2 Å². The zero-order valence-corrected chi connectivity index (χ0v) is 9.29. The molecule has 1 unspecified atom stereocenters. The van der Waals surface area contributed by atoms with Crippen LogP contribution in [0.3, 0.4) is 0 Å². The van der Waals surface area contributed by atoms with Crippen LogP contribution in [0.15, 0.2) is 24.3 Å². The Labute approximate surface area is 97.2 Å². The number of hydrogen-bond donors (Lipinski definition) is 3. The fourth-order valence-corrected chi connectivity index (χ4v) is 1.46. The third-order valence-electron chi connectivity index (χ3n) is 1.81. The molecule has 1 rings (SSSR count). The Kier molecular flexibility index (Phi) is 4.05. The Morgan fingerprint density at radius 2 is 2.06 bits per heavy atom. The number of benzene rings is 1. The summed E-state index contributed by atoms with van der Waals surface area (Å²) in [5.41, 5.74) is 0.220. The maximum atomic E-state index is 10.9. The lowest BCUT2D eigenvalue weighted by Gasteiger charge is -2.09. The largest absolute Gasteiger partial charge is 0.508 e. The van der Waals surface area contributed by atoms with Gasteiger partial charge in [-0.15, -0.1) is 0 Å². The Morgan fingerprint density at radius 3 is 2.59 bits per heavy atom. The van der Waals surface area contributed by atoms with E-state index in [-0.39, 0.29) is 11.3 Å². The summed E-state index contributed by atoms with van der Waals surface area (Å²) in [6, 6.07) is 5.46. The van der Waals surface area contributed by atoms with Gasteiger partial charge >= 0.3 is 16.4 Å². The minimum atomic E-state index is -4.87. The summed E-state index contributed by atoms with van der Waals surface area (Å²) in [6.45, 7) is 0. The van der Waals surface area contributed by atoms with Gasteiger partial charge in [0.2, 0.25) is 0 Å². The van der Waals surface area contributed by atoms with Crippen LogP contribution in [-0.2, 0) is 19.4 Å². The van der Waals surface area contributed by atoms with E-state index in [1.807, 2.05) is 0 Å². The molecule has 0 bridgehead atoms. The summed E-state index contributed by atoms with van der Waals surface area (Å²) < 4.78 is 32.3. The lowest BCUT2D eigenvalue weighted by Crippen LogP contribution is -2.14. The topological polar surface area (TPSA) is 121 Å². The summed E-state index contributed by atoms with van der Waals surface area (Å²) in [6.07, 6.45) is -2.00. The molecular weight excluding hydrogens is 252 g/mol. The third kappa shape index (κ3) is 4.81. The van der Waals surface area contributed by atoms with Crippen LogP contribution in [0, 0.1) is 0 Å². The predicted molar refractivity (Wildman–Crippen MR) is 55.3 cm³/mol.